The molecular formula is C16H24N2S4. The predicted octanol–water partition coefficient (Wildman–Crippen LogP) is 5.03. The third-order valence-electron chi connectivity index (χ3n) is 2.82. The van der Waals surface area contributed by atoms with Gasteiger partial charge >= 0.3 is 0 Å². The van der Waals surface area contributed by atoms with Gasteiger partial charge in [0.25, 0.3) is 0 Å². The molecule has 2 N–H and O–H groups in total. The molecule has 0 atom stereocenters. The molecule has 122 valence electrons. The molecule has 0 unspecified atom stereocenters. The summed E-state index contributed by atoms with van der Waals surface area (Å²) in [6.07, 6.45) is 2.14. The van der Waals surface area contributed by atoms with Crippen LogP contribution in [0.4, 0.5) is 0 Å². The average Bonchev–Trinajstić information content (AvgIpc) is 2.51. The maximum Gasteiger partial charge on any atom is 0.135 e. The van der Waals surface area contributed by atoms with Crippen LogP contribution in [-0.4, -0.2) is 21.7 Å². The second-order valence-corrected chi connectivity index (χ2v) is 8.77. The Hall–Kier alpha value is -0.300. The molecule has 0 saturated carbocycles. The first kappa shape index (κ1) is 19.7. The zero-order valence-corrected chi connectivity index (χ0v) is 16.6. The van der Waals surface area contributed by atoms with E-state index < -0.39 is 0 Å². The van der Waals surface area contributed by atoms with E-state index in [0.717, 1.165) is 34.6 Å². The van der Waals surface area contributed by atoms with Crippen molar-refractivity contribution in [3.63, 3.8) is 0 Å². The number of benzene rings is 1. The van der Waals surface area contributed by atoms with Crippen molar-refractivity contribution in [1.82, 2.24) is 10.6 Å². The molecule has 0 aliphatic carbocycles. The highest BCUT2D eigenvalue weighted by Crippen LogP contribution is 2.40. The lowest BCUT2D eigenvalue weighted by Gasteiger charge is -2.18. The van der Waals surface area contributed by atoms with Crippen molar-refractivity contribution in [2.24, 2.45) is 0 Å². The molecule has 2 nitrogen and oxygen atoms in total. The maximum absolute atomic E-state index is 5.44. The third kappa shape index (κ3) is 7.81. The zero-order valence-electron chi connectivity index (χ0n) is 13.3. The number of thioether (sulfide) groups is 2. The number of hydrogen-bond donors (Lipinski definition) is 2. The van der Waals surface area contributed by atoms with Crippen molar-refractivity contribution in [2.45, 2.75) is 38.2 Å². The Labute approximate surface area is 153 Å². The molecule has 1 rings (SSSR count). The first-order chi connectivity index (χ1) is 10.6. The van der Waals surface area contributed by atoms with Crippen LogP contribution in [0.5, 0.6) is 0 Å². The molecular weight excluding hydrogens is 348 g/mol. The maximum atomic E-state index is 5.44. The summed E-state index contributed by atoms with van der Waals surface area (Å²) < 4.78 is 1.84. The summed E-state index contributed by atoms with van der Waals surface area (Å²) in [5, 5.41) is 6.56. The molecule has 22 heavy (non-hydrogen) atoms. The Bertz CT molecular complexity index is 452. The molecule has 0 bridgehead atoms. The number of rotatable bonds is 7. The van der Waals surface area contributed by atoms with E-state index >= 15 is 0 Å². The Morgan fingerprint density at radius 3 is 1.82 bits per heavy atom. The zero-order chi connectivity index (χ0) is 16.4. The van der Waals surface area contributed by atoms with E-state index in [-0.39, 0.29) is 4.58 Å². The molecule has 0 aliphatic heterocycles. The van der Waals surface area contributed by atoms with E-state index in [0.29, 0.717) is 0 Å². The Morgan fingerprint density at radius 1 is 0.955 bits per heavy atom. The summed E-state index contributed by atoms with van der Waals surface area (Å²) in [5.41, 5.74) is 2.50. The standard InChI is InChI=1S/C16H24N2S4/c1-4-10-17-15(19)21-14(22-16(20)18-11-5-2)13-8-6-12(3)7-9-13/h6-9,14H,4-5,10-11H2,1-3H3,(H,17,19)(H,18,20). The minimum atomic E-state index is 0.175. The van der Waals surface area contributed by atoms with E-state index in [1.54, 1.807) is 23.5 Å². The number of aryl methyl sites for hydroxylation is 1. The molecule has 6 heteroatoms. The summed E-state index contributed by atoms with van der Waals surface area (Å²) in [6.45, 7) is 8.19. The fourth-order valence-corrected chi connectivity index (χ4v) is 4.88. The fraction of sp³-hybridized carbons (Fsp3) is 0.500. The molecule has 0 amide bonds. The van der Waals surface area contributed by atoms with Gasteiger partial charge in [-0.1, -0.05) is 91.6 Å². The van der Waals surface area contributed by atoms with E-state index in [9.17, 15) is 0 Å². The number of nitrogens with one attached hydrogen (secondary N) is 2. The number of hydrogen-bond acceptors (Lipinski definition) is 4. The van der Waals surface area contributed by atoms with E-state index in [4.69, 9.17) is 24.4 Å². The first-order valence-corrected chi connectivity index (χ1v) is 10.1. The van der Waals surface area contributed by atoms with Crippen LogP contribution in [0, 0.1) is 6.92 Å². The molecule has 0 saturated heterocycles. The van der Waals surface area contributed by atoms with E-state index in [2.05, 4.69) is 55.7 Å². The summed E-state index contributed by atoms with van der Waals surface area (Å²) >= 11 is 14.2. The van der Waals surface area contributed by atoms with Crippen LogP contribution in [0.1, 0.15) is 42.4 Å². The van der Waals surface area contributed by atoms with Crippen LogP contribution in [0.2, 0.25) is 0 Å². The van der Waals surface area contributed by atoms with Crippen LogP contribution >= 0.6 is 48.0 Å². The first-order valence-electron chi connectivity index (χ1n) is 7.52. The summed E-state index contributed by atoms with van der Waals surface area (Å²) in [6, 6.07) is 8.58. The van der Waals surface area contributed by atoms with Crippen molar-refractivity contribution in [3.8, 4) is 0 Å². The van der Waals surface area contributed by atoms with Gasteiger partial charge in [0.15, 0.2) is 0 Å². The minimum absolute atomic E-state index is 0.175. The molecule has 0 spiro atoms. The second kappa shape index (κ2) is 11.3. The highest BCUT2D eigenvalue weighted by molar-refractivity contribution is 8.35. The molecule has 0 heterocycles. The summed E-state index contributed by atoms with van der Waals surface area (Å²) in [5.74, 6) is 0. The van der Waals surface area contributed by atoms with Gasteiger partial charge in [0, 0.05) is 13.1 Å². The lowest BCUT2D eigenvalue weighted by Crippen LogP contribution is -2.22. The van der Waals surface area contributed by atoms with Crippen molar-refractivity contribution < 1.29 is 0 Å². The lowest BCUT2D eigenvalue weighted by molar-refractivity contribution is 0.854. The van der Waals surface area contributed by atoms with Crippen molar-refractivity contribution in [3.05, 3.63) is 35.4 Å². The van der Waals surface area contributed by atoms with Gasteiger partial charge in [0.05, 0.1) is 4.58 Å². The Kier molecular flexibility index (Phi) is 10.1. The topological polar surface area (TPSA) is 24.1 Å². The van der Waals surface area contributed by atoms with Gasteiger partial charge < -0.3 is 10.6 Å². The smallest absolute Gasteiger partial charge is 0.135 e. The van der Waals surface area contributed by atoms with Crippen LogP contribution in [-0.2, 0) is 0 Å². The van der Waals surface area contributed by atoms with Crippen molar-refractivity contribution in [2.75, 3.05) is 13.1 Å². The second-order valence-electron chi connectivity index (χ2n) is 4.91. The molecule has 1 aromatic carbocycles. The normalized spacial score (nSPS) is 10.5. The van der Waals surface area contributed by atoms with Gasteiger partial charge in [0.2, 0.25) is 0 Å². The average molecular weight is 373 g/mol. The highest BCUT2D eigenvalue weighted by atomic mass is 32.2. The van der Waals surface area contributed by atoms with Gasteiger partial charge in [0.1, 0.15) is 8.64 Å². The Morgan fingerprint density at radius 2 is 1.41 bits per heavy atom. The molecule has 0 fully saturated rings. The fourth-order valence-electron chi connectivity index (χ4n) is 1.62. The van der Waals surface area contributed by atoms with Gasteiger partial charge in [-0.2, -0.15) is 0 Å². The lowest BCUT2D eigenvalue weighted by atomic mass is 10.2. The van der Waals surface area contributed by atoms with E-state index in [1.807, 2.05) is 0 Å². The molecule has 0 aromatic heterocycles. The number of thiocarbonyl (C=S) groups is 2. The van der Waals surface area contributed by atoms with Crippen molar-refractivity contribution in [1.29, 1.82) is 0 Å². The van der Waals surface area contributed by atoms with E-state index in [1.165, 1.54) is 11.1 Å². The van der Waals surface area contributed by atoms with Crippen LogP contribution in [0.25, 0.3) is 0 Å². The van der Waals surface area contributed by atoms with Gasteiger partial charge in [-0.15, -0.1) is 0 Å². The van der Waals surface area contributed by atoms with Crippen LogP contribution in [0.3, 0.4) is 0 Å². The monoisotopic (exact) mass is 372 g/mol. The molecule has 0 radical (unpaired) electrons. The molecule has 0 aliphatic rings. The van der Waals surface area contributed by atoms with Crippen LogP contribution < -0.4 is 10.6 Å². The third-order valence-corrected chi connectivity index (χ3v) is 5.95. The van der Waals surface area contributed by atoms with Crippen LogP contribution in [0.15, 0.2) is 24.3 Å². The largest absolute Gasteiger partial charge is 0.371 e. The minimum Gasteiger partial charge on any atom is -0.371 e. The summed E-state index contributed by atoms with van der Waals surface area (Å²) in [7, 11) is 0. The Balaban J connectivity index is 2.73. The van der Waals surface area contributed by atoms with Crippen molar-refractivity contribution >= 4 is 56.6 Å². The SMILES string of the molecule is CCCNC(=S)SC(SC(=S)NCCC)c1ccc(C)cc1. The predicted molar refractivity (Wildman–Crippen MR) is 111 cm³/mol. The van der Waals surface area contributed by atoms with Gasteiger partial charge in [-0.25, -0.2) is 0 Å². The quantitative estimate of drug-likeness (QED) is 0.514. The summed E-state index contributed by atoms with van der Waals surface area (Å²) in [4.78, 5) is 0. The van der Waals surface area contributed by atoms with Gasteiger partial charge in [-0.05, 0) is 25.3 Å². The molecule has 1 aromatic rings. The highest BCUT2D eigenvalue weighted by Gasteiger charge is 2.17. The van der Waals surface area contributed by atoms with Gasteiger partial charge in [-0.3, -0.25) is 0 Å².